The van der Waals surface area contributed by atoms with Gasteiger partial charge in [-0.25, -0.2) is 0 Å². The smallest absolute Gasteiger partial charge is 0.259 e. The van der Waals surface area contributed by atoms with Gasteiger partial charge in [-0.05, 0) is 18.6 Å². The fourth-order valence-electron chi connectivity index (χ4n) is 1.81. The Kier molecular flexibility index (Phi) is 5.45. The van der Waals surface area contributed by atoms with Gasteiger partial charge in [-0.15, -0.1) is 0 Å². The average Bonchev–Trinajstić information content (AvgIpc) is 2.37. The molecule has 0 bridgehead atoms. The molecule has 1 rings (SSSR count). The Morgan fingerprint density at radius 2 is 2.17 bits per heavy atom. The van der Waals surface area contributed by atoms with Crippen LogP contribution < -0.4 is 10.5 Å². The summed E-state index contributed by atoms with van der Waals surface area (Å²) in [6.07, 6.45) is 0.820. The van der Waals surface area contributed by atoms with Crippen LogP contribution in [0, 0.1) is 0 Å². The number of rotatable bonds is 6. The zero-order valence-corrected chi connectivity index (χ0v) is 10.8. The van der Waals surface area contributed by atoms with E-state index in [2.05, 4.69) is 0 Å². The Bertz CT molecular complexity index is 401. The molecule has 5 heteroatoms. The van der Waals surface area contributed by atoms with Gasteiger partial charge in [0, 0.05) is 18.8 Å². The summed E-state index contributed by atoms with van der Waals surface area (Å²) in [6.45, 7) is 2.78. The van der Waals surface area contributed by atoms with Crippen LogP contribution >= 0.6 is 0 Å². The van der Waals surface area contributed by atoms with E-state index in [1.165, 1.54) is 7.11 Å². The number of hydrogen-bond acceptors (Lipinski definition) is 4. The largest absolute Gasteiger partial charge is 0.496 e. The van der Waals surface area contributed by atoms with Gasteiger partial charge in [0.1, 0.15) is 11.3 Å². The van der Waals surface area contributed by atoms with Crippen LogP contribution in [0.5, 0.6) is 5.75 Å². The van der Waals surface area contributed by atoms with E-state index in [0.717, 1.165) is 6.42 Å². The van der Waals surface area contributed by atoms with Crippen LogP contribution in [0.1, 0.15) is 23.7 Å². The first-order chi connectivity index (χ1) is 8.65. The molecule has 0 aliphatic carbocycles. The molecule has 1 amide bonds. The average molecular weight is 252 g/mol. The Labute approximate surface area is 107 Å². The number of carbonyl (C=O) groups excluding carboxylic acids is 1. The van der Waals surface area contributed by atoms with Crippen molar-refractivity contribution in [2.24, 2.45) is 0 Å². The molecule has 0 saturated heterocycles. The molecule has 0 aliphatic heterocycles. The maximum atomic E-state index is 12.4. The summed E-state index contributed by atoms with van der Waals surface area (Å²) < 4.78 is 5.16. The number of anilines is 1. The van der Waals surface area contributed by atoms with Crippen molar-refractivity contribution >= 4 is 11.6 Å². The van der Waals surface area contributed by atoms with Crippen molar-refractivity contribution in [3.8, 4) is 5.75 Å². The molecule has 0 fully saturated rings. The number of benzene rings is 1. The molecule has 3 N–H and O–H groups in total. The third-order valence-corrected chi connectivity index (χ3v) is 2.64. The number of nitrogens with two attached hydrogens (primary N) is 1. The lowest BCUT2D eigenvalue weighted by Crippen LogP contribution is -2.34. The normalized spacial score (nSPS) is 10.2. The standard InChI is InChI=1S/C13H20N2O3/c1-3-7-15(8-9-16)13(17)12-10(14)5-4-6-11(12)18-2/h4-6,16H,3,7-9,14H2,1-2H3. The summed E-state index contributed by atoms with van der Waals surface area (Å²) in [4.78, 5) is 14.0. The highest BCUT2D eigenvalue weighted by atomic mass is 16.5. The molecule has 18 heavy (non-hydrogen) atoms. The predicted molar refractivity (Wildman–Crippen MR) is 70.7 cm³/mol. The first-order valence-corrected chi connectivity index (χ1v) is 5.98. The molecular formula is C13H20N2O3. The fourth-order valence-corrected chi connectivity index (χ4v) is 1.81. The van der Waals surface area contributed by atoms with E-state index in [0.29, 0.717) is 30.1 Å². The summed E-state index contributed by atoms with van der Waals surface area (Å²) in [5.41, 5.74) is 6.59. The lowest BCUT2D eigenvalue weighted by atomic mass is 10.1. The zero-order valence-electron chi connectivity index (χ0n) is 10.8. The maximum absolute atomic E-state index is 12.4. The SMILES string of the molecule is CCCN(CCO)C(=O)c1c(N)cccc1OC. The van der Waals surface area contributed by atoms with Crippen LogP contribution in [0.4, 0.5) is 5.69 Å². The van der Waals surface area contributed by atoms with Gasteiger partial charge in [-0.1, -0.05) is 13.0 Å². The van der Waals surface area contributed by atoms with E-state index in [1.807, 2.05) is 6.92 Å². The molecule has 100 valence electrons. The predicted octanol–water partition coefficient (Wildman–Crippen LogP) is 1.12. The van der Waals surface area contributed by atoms with Crippen molar-refractivity contribution in [1.29, 1.82) is 0 Å². The van der Waals surface area contributed by atoms with Gasteiger partial charge in [-0.3, -0.25) is 4.79 Å². The van der Waals surface area contributed by atoms with Gasteiger partial charge in [0.25, 0.3) is 5.91 Å². The molecule has 0 aromatic heterocycles. The number of aliphatic hydroxyl groups is 1. The van der Waals surface area contributed by atoms with E-state index in [4.69, 9.17) is 15.6 Å². The maximum Gasteiger partial charge on any atom is 0.259 e. The topological polar surface area (TPSA) is 75.8 Å². The van der Waals surface area contributed by atoms with Crippen LogP contribution in [-0.4, -0.2) is 42.7 Å². The van der Waals surface area contributed by atoms with Crippen molar-refractivity contribution in [2.45, 2.75) is 13.3 Å². The molecule has 0 radical (unpaired) electrons. The second-order valence-corrected chi connectivity index (χ2v) is 3.94. The minimum absolute atomic E-state index is 0.0687. The molecule has 1 aromatic carbocycles. The first-order valence-electron chi connectivity index (χ1n) is 5.98. The number of amides is 1. The monoisotopic (exact) mass is 252 g/mol. The number of carbonyl (C=O) groups is 1. The van der Waals surface area contributed by atoms with Crippen molar-refractivity contribution in [3.05, 3.63) is 23.8 Å². The zero-order chi connectivity index (χ0) is 13.5. The molecule has 0 saturated carbocycles. The summed E-state index contributed by atoms with van der Waals surface area (Å²) >= 11 is 0. The molecule has 0 spiro atoms. The van der Waals surface area contributed by atoms with Crippen LogP contribution in [0.25, 0.3) is 0 Å². The third-order valence-electron chi connectivity index (χ3n) is 2.64. The van der Waals surface area contributed by atoms with Crippen molar-refractivity contribution in [2.75, 3.05) is 32.5 Å². The molecule has 0 aliphatic rings. The van der Waals surface area contributed by atoms with E-state index < -0.39 is 0 Å². The Morgan fingerprint density at radius 3 is 2.72 bits per heavy atom. The van der Waals surface area contributed by atoms with E-state index >= 15 is 0 Å². The number of nitrogen functional groups attached to an aromatic ring is 1. The van der Waals surface area contributed by atoms with E-state index in [1.54, 1.807) is 23.1 Å². The highest BCUT2D eigenvalue weighted by molar-refractivity contribution is 6.01. The van der Waals surface area contributed by atoms with Crippen molar-refractivity contribution < 1.29 is 14.6 Å². The van der Waals surface area contributed by atoms with Gasteiger partial charge < -0.3 is 20.5 Å². The number of hydrogen-bond donors (Lipinski definition) is 2. The second-order valence-electron chi connectivity index (χ2n) is 3.94. The van der Waals surface area contributed by atoms with E-state index in [9.17, 15) is 4.79 Å². The molecular weight excluding hydrogens is 232 g/mol. The summed E-state index contributed by atoms with van der Waals surface area (Å²) in [5, 5.41) is 9.00. The lowest BCUT2D eigenvalue weighted by molar-refractivity contribution is 0.0719. The van der Waals surface area contributed by atoms with Gasteiger partial charge in [0.2, 0.25) is 0 Å². The van der Waals surface area contributed by atoms with Gasteiger partial charge >= 0.3 is 0 Å². The summed E-state index contributed by atoms with van der Waals surface area (Å²) in [7, 11) is 1.50. The number of aliphatic hydroxyl groups excluding tert-OH is 1. The highest BCUT2D eigenvalue weighted by Crippen LogP contribution is 2.25. The molecule has 0 heterocycles. The molecule has 0 unspecified atom stereocenters. The van der Waals surface area contributed by atoms with Crippen LogP contribution in [-0.2, 0) is 0 Å². The second kappa shape index (κ2) is 6.86. The Morgan fingerprint density at radius 1 is 1.44 bits per heavy atom. The van der Waals surface area contributed by atoms with Crippen LogP contribution in [0.15, 0.2) is 18.2 Å². The first kappa shape index (κ1) is 14.3. The molecule has 5 nitrogen and oxygen atoms in total. The minimum atomic E-state index is -0.208. The fraction of sp³-hybridized carbons (Fsp3) is 0.462. The molecule has 1 aromatic rings. The van der Waals surface area contributed by atoms with Gasteiger partial charge in [0.15, 0.2) is 0 Å². The number of ether oxygens (including phenoxy) is 1. The van der Waals surface area contributed by atoms with Crippen molar-refractivity contribution in [1.82, 2.24) is 4.90 Å². The van der Waals surface area contributed by atoms with Crippen LogP contribution in [0.3, 0.4) is 0 Å². The number of methoxy groups -OCH3 is 1. The Hall–Kier alpha value is -1.75. The van der Waals surface area contributed by atoms with Gasteiger partial charge in [0.05, 0.1) is 13.7 Å². The van der Waals surface area contributed by atoms with Crippen molar-refractivity contribution in [3.63, 3.8) is 0 Å². The lowest BCUT2D eigenvalue weighted by Gasteiger charge is -2.22. The minimum Gasteiger partial charge on any atom is -0.496 e. The number of nitrogens with zero attached hydrogens (tertiary/aromatic N) is 1. The Balaban J connectivity index is 3.07. The highest BCUT2D eigenvalue weighted by Gasteiger charge is 2.21. The van der Waals surface area contributed by atoms with Gasteiger partial charge in [-0.2, -0.15) is 0 Å². The molecule has 0 atom stereocenters. The quantitative estimate of drug-likeness (QED) is 0.744. The van der Waals surface area contributed by atoms with E-state index in [-0.39, 0.29) is 12.5 Å². The third kappa shape index (κ3) is 3.13. The van der Waals surface area contributed by atoms with Crippen LogP contribution in [0.2, 0.25) is 0 Å². The summed E-state index contributed by atoms with van der Waals surface area (Å²) in [5.74, 6) is 0.250. The summed E-state index contributed by atoms with van der Waals surface area (Å²) in [6, 6.07) is 5.10.